The summed E-state index contributed by atoms with van der Waals surface area (Å²) in [5.74, 6) is 1.13. The summed E-state index contributed by atoms with van der Waals surface area (Å²) in [4.78, 5) is 7.47. The van der Waals surface area contributed by atoms with Crippen LogP contribution in [0.1, 0.15) is 23.3 Å². The first-order valence-electron chi connectivity index (χ1n) is 14.8. The molecule has 4 aromatic carbocycles. The zero-order valence-electron chi connectivity index (χ0n) is 23.3. The van der Waals surface area contributed by atoms with Crippen LogP contribution in [0, 0.1) is 0 Å². The Labute approximate surface area is 250 Å². The molecule has 1 aliphatic carbocycles. The van der Waals surface area contributed by atoms with E-state index in [1.807, 2.05) is 18.2 Å². The van der Waals surface area contributed by atoms with Crippen LogP contribution in [0.15, 0.2) is 157 Å². The maximum absolute atomic E-state index is 6.65. The first-order valence-corrected chi connectivity index (χ1v) is 14.8. The van der Waals surface area contributed by atoms with Gasteiger partial charge in [0, 0.05) is 34.3 Å². The van der Waals surface area contributed by atoms with Crippen molar-refractivity contribution in [3.8, 4) is 22.5 Å². The van der Waals surface area contributed by atoms with Gasteiger partial charge in [-0.05, 0) is 42.0 Å². The average Bonchev–Trinajstić information content (AvgIpc) is 3.77. The van der Waals surface area contributed by atoms with Gasteiger partial charge in [0.15, 0.2) is 6.23 Å². The first-order chi connectivity index (χ1) is 21.3. The van der Waals surface area contributed by atoms with Crippen molar-refractivity contribution >= 4 is 17.0 Å². The minimum absolute atomic E-state index is 0.112. The van der Waals surface area contributed by atoms with Gasteiger partial charge in [0.05, 0.1) is 29.0 Å². The lowest BCUT2D eigenvalue weighted by molar-refractivity contribution is 0.116. The van der Waals surface area contributed by atoms with Crippen molar-refractivity contribution in [2.75, 3.05) is 4.90 Å². The Morgan fingerprint density at radius 3 is 2.28 bits per heavy atom. The van der Waals surface area contributed by atoms with E-state index in [4.69, 9.17) is 9.72 Å². The fourth-order valence-electron chi connectivity index (χ4n) is 6.89. The molecule has 2 aromatic heterocycles. The minimum atomic E-state index is -0.181. The topological polar surface area (TPSA) is 41.8 Å². The molecule has 0 radical (unpaired) electrons. The molecule has 4 heterocycles. The predicted octanol–water partition coefficient (Wildman–Crippen LogP) is 8.37. The molecule has 43 heavy (non-hydrogen) atoms. The third kappa shape index (κ3) is 3.75. The average molecular weight is 557 g/mol. The van der Waals surface area contributed by atoms with Gasteiger partial charge >= 0.3 is 0 Å². The Morgan fingerprint density at radius 2 is 1.44 bits per heavy atom. The summed E-state index contributed by atoms with van der Waals surface area (Å²) in [7, 11) is 0. The van der Waals surface area contributed by atoms with Gasteiger partial charge in [0.2, 0.25) is 0 Å². The van der Waals surface area contributed by atoms with Crippen molar-refractivity contribution in [1.29, 1.82) is 0 Å². The van der Waals surface area contributed by atoms with Gasteiger partial charge in [0.25, 0.3) is 0 Å². The summed E-state index contributed by atoms with van der Waals surface area (Å²) in [5.41, 5.74) is 11.1. The number of aromatic nitrogens is 2. The zero-order chi connectivity index (χ0) is 28.3. The van der Waals surface area contributed by atoms with Crippen LogP contribution in [-0.4, -0.2) is 15.4 Å². The number of nitrogens with zero attached hydrogens (tertiary/aromatic N) is 3. The molecular formula is C38H28N4O. The van der Waals surface area contributed by atoms with Crippen LogP contribution in [0.25, 0.3) is 28.2 Å². The molecule has 5 nitrogen and oxygen atoms in total. The molecule has 0 saturated carbocycles. The van der Waals surface area contributed by atoms with Crippen molar-refractivity contribution < 1.29 is 4.74 Å². The van der Waals surface area contributed by atoms with Gasteiger partial charge < -0.3 is 15.0 Å². The highest BCUT2D eigenvalue weighted by Gasteiger charge is 2.46. The number of allylic oxidation sites excluding steroid dienone is 1. The second-order valence-electron chi connectivity index (χ2n) is 11.2. The Kier molecular flexibility index (Phi) is 5.32. The standard InChI is InChI=1S/C38H28N4O/c1-3-11-25(12-4-1)35-36(41-24-10-9-17-33(41)40-35)26-18-20-28(21-19-26)42-31-16-8-7-15-29(31)34-32(42)23-22-30-37(34)43-38(39-30)27-13-5-2-6-14-27/h1-24,32,34,38-39H. The van der Waals surface area contributed by atoms with Gasteiger partial charge in [-0.1, -0.05) is 103 Å². The number of para-hydroxylation sites is 1. The molecule has 3 atom stereocenters. The summed E-state index contributed by atoms with van der Waals surface area (Å²) in [6.45, 7) is 0. The molecule has 1 N–H and O–H groups in total. The van der Waals surface area contributed by atoms with Crippen molar-refractivity contribution in [2.24, 2.45) is 0 Å². The van der Waals surface area contributed by atoms with Crippen molar-refractivity contribution in [3.63, 3.8) is 0 Å². The SMILES string of the molecule is C1=CC2C(C3=C1NC(c1ccccc1)O3)c1ccccc1N2c1ccc(-c2c(-c3ccccc3)nc3ccccn23)cc1. The largest absolute Gasteiger partial charge is 0.468 e. The van der Waals surface area contributed by atoms with Crippen LogP contribution in [0.5, 0.6) is 0 Å². The number of imidazole rings is 1. The highest BCUT2D eigenvalue weighted by atomic mass is 16.5. The van der Waals surface area contributed by atoms with E-state index >= 15 is 0 Å². The quantitative estimate of drug-likeness (QED) is 0.237. The molecule has 9 rings (SSSR count). The van der Waals surface area contributed by atoms with Crippen LogP contribution in [0.4, 0.5) is 11.4 Å². The number of anilines is 2. The third-order valence-corrected chi connectivity index (χ3v) is 8.81. The number of fused-ring (bicyclic) bond motifs is 5. The van der Waals surface area contributed by atoms with Gasteiger partial charge in [0.1, 0.15) is 11.4 Å². The Balaban J connectivity index is 1.10. The number of hydrogen-bond acceptors (Lipinski definition) is 4. The molecule has 0 saturated heterocycles. The fourth-order valence-corrected chi connectivity index (χ4v) is 6.89. The summed E-state index contributed by atoms with van der Waals surface area (Å²) >= 11 is 0. The Hall–Kier alpha value is -5.55. The lowest BCUT2D eigenvalue weighted by Crippen LogP contribution is -2.31. The van der Waals surface area contributed by atoms with Crippen LogP contribution in [-0.2, 0) is 4.74 Å². The normalized spacial score (nSPS) is 20.0. The summed E-state index contributed by atoms with van der Waals surface area (Å²) in [6, 6.07) is 44.7. The van der Waals surface area contributed by atoms with Crippen LogP contribution in [0.3, 0.4) is 0 Å². The van der Waals surface area contributed by atoms with Crippen LogP contribution < -0.4 is 10.2 Å². The fraction of sp³-hybridized carbons (Fsp3) is 0.0789. The monoisotopic (exact) mass is 556 g/mol. The van der Waals surface area contributed by atoms with Crippen molar-refractivity contribution in [2.45, 2.75) is 18.2 Å². The molecule has 5 heteroatoms. The second-order valence-corrected chi connectivity index (χ2v) is 11.2. The molecule has 2 aliphatic heterocycles. The molecule has 3 unspecified atom stereocenters. The second kappa shape index (κ2) is 9.50. The van der Waals surface area contributed by atoms with E-state index in [1.165, 1.54) is 11.3 Å². The number of hydrogen-bond donors (Lipinski definition) is 1. The van der Waals surface area contributed by atoms with E-state index < -0.39 is 0 Å². The molecule has 6 aromatic rings. The Morgan fingerprint density at radius 1 is 0.698 bits per heavy atom. The Bertz CT molecular complexity index is 2040. The summed E-state index contributed by atoms with van der Waals surface area (Å²) in [6.07, 6.45) is 6.42. The maximum Gasteiger partial charge on any atom is 0.196 e. The van der Waals surface area contributed by atoms with Crippen molar-refractivity contribution in [3.05, 3.63) is 168 Å². The number of pyridine rings is 1. The number of ether oxygens (including phenoxy) is 1. The molecule has 0 fully saturated rings. The number of benzene rings is 4. The van der Waals surface area contributed by atoms with Crippen LogP contribution in [0.2, 0.25) is 0 Å². The minimum Gasteiger partial charge on any atom is -0.468 e. The van der Waals surface area contributed by atoms with E-state index in [0.29, 0.717) is 0 Å². The van der Waals surface area contributed by atoms with E-state index in [9.17, 15) is 0 Å². The molecular weight excluding hydrogens is 528 g/mol. The lowest BCUT2D eigenvalue weighted by atomic mass is 9.88. The van der Waals surface area contributed by atoms with Gasteiger partial charge in [-0.25, -0.2) is 4.98 Å². The van der Waals surface area contributed by atoms with E-state index in [0.717, 1.165) is 50.9 Å². The van der Waals surface area contributed by atoms with E-state index in [2.05, 4.69) is 142 Å². The first kappa shape index (κ1) is 24.1. The molecule has 206 valence electrons. The maximum atomic E-state index is 6.65. The van der Waals surface area contributed by atoms with E-state index in [-0.39, 0.29) is 18.2 Å². The van der Waals surface area contributed by atoms with Gasteiger partial charge in [-0.3, -0.25) is 4.40 Å². The smallest absolute Gasteiger partial charge is 0.196 e. The summed E-state index contributed by atoms with van der Waals surface area (Å²) in [5, 5.41) is 3.61. The van der Waals surface area contributed by atoms with E-state index in [1.54, 1.807) is 0 Å². The molecule has 0 spiro atoms. The van der Waals surface area contributed by atoms with Crippen LogP contribution >= 0.6 is 0 Å². The van der Waals surface area contributed by atoms with Gasteiger partial charge in [-0.2, -0.15) is 0 Å². The lowest BCUT2D eigenvalue weighted by Gasteiger charge is -2.30. The van der Waals surface area contributed by atoms with Gasteiger partial charge in [-0.15, -0.1) is 0 Å². The molecule has 3 aliphatic rings. The highest BCUT2D eigenvalue weighted by molar-refractivity contribution is 5.84. The van der Waals surface area contributed by atoms with Crippen molar-refractivity contribution in [1.82, 2.24) is 14.7 Å². The molecule has 0 bridgehead atoms. The predicted molar refractivity (Wildman–Crippen MR) is 171 cm³/mol. The highest BCUT2D eigenvalue weighted by Crippen LogP contribution is 2.53. The molecule has 0 amide bonds. The summed E-state index contributed by atoms with van der Waals surface area (Å²) < 4.78 is 8.84. The number of rotatable bonds is 4. The number of nitrogens with one attached hydrogen (secondary N) is 1. The zero-order valence-corrected chi connectivity index (χ0v) is 23.3. The third-order valence-electron chi connectivity index (χ3n) is 8.81.